The van der Waals surface area contributed by atoms with Gasteiger partial charge in [0.1, 0.15) is 16.3 Å². The van der Waals surface area contributed by atoms with Gasteiger partial charge in [-0.05, 0) is 30.7 Å². The summed E-state index contributed by atoms with van der Waals surface area (Å²) < 4.78 is 33.5. The van der Waals surface area contributed by atoms with Crippen LogP contribution in [-0.4, -0.2) is 28.1 Å². The molecule has 0 bridgehead atoms. The van der Waals surface area contributed by atoms with E-state index in [4.69, 9.17) is 9.84 Å². The molecule has 0 radical (unpaired) electrons. The lowest BCUT2D eigenvalue weighted by Gasteiger charge is -2.34. The zero-order valence-electron chi connectivity index (χ0n) is 14.6. The molecule has 28 heavy (non-hydrogen) atoms. The van der Waals surface area contributed by atoms with E-state index < -0.39 is 36.0 Å². The quantitative estimate of drug-likeness (QED) is 0.718. The van der Waals surface area contributed by atoms with Gasteiger partial charge < -0.3 is 9.84 Å². The number of ether oxygens (including phenoxy) is 1. The van der Waals surface area contributed by atoms with Crippen molar-refractivity contribution in [3.63, 3.8) is 0 Å². The summed E-state index contributed by atoms with van der Waals surface area (Å²) in [4.78, 5) is 29.5. The summed E-state index contributed by atoms with van der Waals surface area (Å²) in [5.74, 6) is -3.28. The lowest BCUT2D eigenvalue weighted by atomic mass is 10.1. The maximum absolute atomic E-state index is 14.0. The van der Waals surface area contributed by atoms with Crippen LogP contribution in [0.2, 0.25) is 0 Å². The Labute approximate surface area is 162 Å². The third-order valence-corrected chi connectivity index (χ3v) is 5.44. The molecule has 1 unspecified atom stereocenters. The highest BCUT2D eigenvalue weighted by molar-refractivity contribution is 7.18. The first kappa shape index (κ1) is 18.3. The number of carbonyl (C=O) groups is 2. The lowest BCUT2D eigenvalue weighted by Crippen LogP contribution is -2.46. The first-order valence-electron chi connectivity index (χ1n) is 8.38. The zero-order chi connectivity index (χ0) is 20.0. The highest BCUT2D eigenvalue weighted by Gasteiger charge is 2.37. The van der Waals surface area contributed by atoms with Gasteiger partial charge in [0.25, 0.3) is 5.91 Å². The van der Waals surface area contributed by atoms with Crippen molar-refractivity contribution in [1.82, 2.24) is 4.98 Å². The Morgan fingerprint density at radius 2 is 2.11 bits per heavy atom. The molecule has 0 aliphatic carbocycles. The van der Waals surface area contributed by atoms with Crippen molar-refractivity contribution in [2.45, 2.75) is 26.0 Å². The Balaban J connectivity index is 1.75. The molecule has 0 saturated carbocycles. The molecular weight excluding hydrogens is 390 g/mol. The molecule has 1 amide bonds. The maximum Gasteiger partial charge on any atom is 0.307 e. The van der Waals surface area contributed by atoms with Crippen molar-refractivity contribution >= 4 is 39.1 Å². The van der Waals surface area contributed by atoms with Gasteiger partial charge in [0.05, 0.1) is 23.4 Å². The molecule has 144 valence electrons. The van der Waals surface area contributed by atoms with Crippen LogP contribution in [0, 0.1) is 18.6 Å². The van der Waals surface area contributed by atoms with Gasteiger partial charge in [-0.1, -0.05) is 12.1 Å². The minimum Gasteiger partial charge on any atom is -0.481 e. The molecule has 6 nitrogen and oxygen atoms in total. The number of aryl methyl sites for hydroxylation is 1. The van der Waals surface area contributed by atoms with Gasteiger partial charge in [0.15, 0.2) is 17.7 Å². The van der Waals surface area contributed by atoms with Gasteiger partial charge in [0.2, 0.25) is 0 Å². The van der Waals surface area contributed by atoms with Gasteiger partial charge in [-0.2, -0.15) is 0 Å². The maximum atomic E-state index is 14.0. The fourth-order valence-electron chi connectivity index (χ4n) is 3.12. The summed E-state index contributed by atoms with van der Waals surface area (Å²) in [6.07, 6.45) is -1.65. The van der Waals surface area contributed by atoms with E-state index in [1.165, 1.54) is 11.0 Å². The Kier molecular flexibility index (Phi) is 4.46. The predicted molar refractivity (Wildman–Crippen MR) is 98.6 cm³/mol. The van der Waals surface area contributed by atoms with Crippen LogP contribution < -0.4 is 9.64 Å². The Morgan fingerprint density at radius 1 is 1.32 bits per heavy atom. The number of aromatic nitrogens is 1. The molecule has 0 spiro atoms. The molecule has 3 aromatic rings. The van der Waals surface area contributed by atoms with E-state index in [-0.39, 0.29) is 12.1 Å². The van der Waals surface area contributed by atoms with Gasteiger partial charge in [-0.3, -0.25) is 14.5 Å². The normalized spacial score (nSPS) is 16.2. The van der Waals surface area contributed by atoms with Crippen LogP contribution in [0.25, 0.3) is 10.2 Å². The molecule has 9 heteroatoms. The van der Waals surface area contributed by atoms with E-state index in [1.54, 1.807) is 25.1 Å². The van der Waals surface area contributed by atoms with Crippen LogP contribution in [0.3, 0.4) is 0 Å². The molecule has 0 fully saturated rings. The minimum atomic E-state index is -1.17. The lowest BCUT2D eigenvalue weighted by molar-refractivity contribution is -0.142. The summed E-state index contributed by atoms with van der Waals surface area (Å²) in [5.41, 5.74) is 1.15. The molecule has 1 N–H and O–H groups in total. The van der Waals surface area contributed by atoms with Crippen LogP contribution in [0.1, 0.15) is 17.0 Å². The number of hydrogen-bond donors (Lipinski definition) is 1. The predicted octanol–water partition coefficient (Wildman–Crippen LogP) is 3.65. The van der Waals surface area contributed by atoms with Crippen LogP contribution in [0.4, 0.5) is 14.5 Å². The number of thiazole rings is 1. The highest BCUT2D eigenvalue weighted by atomic mass is 32.1. The molecular formula is C19H14F2N2O4S. The Morgan fingerprint density at radius 3 is 2.86 bits per heavy atom. The van der Waals surface area contributed by atoms with Crippen molar-refractivity contribution in [3.8, 4) is 5.75 Å². The number of fused-ring (bicyclic) bond motifs is 2. The summed E-state index contributed by atoms with van der Waals surface area (Å²) in [6.45, 7) is 1.79. The summed E-state index contributed by atoms with van der Waals surface area (Å²) >= 11 is 1.14. The number of rotatable bonds is 4. The smallest absolute Gasteiger partial charge is 0.307 e. The van der Waals surface area contributed by atoms with Crippen molar-refractivity contribution < 1.29 is 28.2 Å². The summed E-state index contributed by atoms with van der Waals surface area (Å²) in [7, 11) is 0. The topological polar surface area (TPSA) is 79.7 Å². The molecule has 4 rings (SSSR count). The SMILES string of the molecule is Cc1cccc2c1OC(CC(=O)O)C(=O)N2Cc1nc2c(F)c(F)ccc2s1. The number of hydrogen-bond acceptors (Lipinski definition) is 5. The van der Waals surface area contributed by atoms with E-state index in [0.29, 0.717) is 21.1 Å². The van der Waals surface area contributed by atoms with E-state index in [9.17, 15) is 18.4 Å². The molecule has 1 aliphatic heterocycles. The Hall–Kier alpha value is -3.07. The van der Waals surface area contributed by atoms with E-state index in [0.717, 1.165) is 23.0 Å². The number of para-hydroxylation sites is 1. The number of anilines is 1. The molecule has 2 aromatic carbocycles. The zero-order valence-corrected chi connectivity index (χ0v) is 15.4. The molecule has 1 aromatic heterocycles. The van der Waals surface area contributed by atoms with Gasteiger partial charge in [-0.15, -0.1) is 11.3 Å². The first-order chi connectivity index (χ1) is 13.3. The largest absolute Gasteiger partial charge is 0.481 e. The Bertz CT molecular complexity index is 1110. The number of carboxylic acid groups (broad SMARTS) is 1. The van der Waals surface area contributed by atoms with Crippen molar-refractivity contribution in [1.29, 1.82) is 0 Å². The minimum absolute atomic E-state index is 0.00479. The summed E-state index contributed by atoms with van der Waals surface area (Å²) in [6, 6.07) is 7.69. The van der Waals surface area contributed by atoms with Crippen LogP contribution in [-0.2, 0) is 16.1 Å². The van der Waals surface area contributed by atoms with Crippen molar-refractivity contribution in [3.05, 3.63) is 52.5 Å². The number of amides is 1. The number of halogens is 2. The third kappa shape index (κ3) is 3.07. The van der Waals surface area contributed by atoms with E-state index in [2.05, 4.69) is 4.98 Å². The highest BCUT2D eigenvalue weighted by Crippen LogP contribution is 2.39. The van der Waals surface area contributed by atoms with Crippen LogP contribution in [0.15, 0.2) is 30.3 Å². The molecule has 0 saturated heterocycles. The monoisotopic (exact) mass is 404 g/mol. The molecule has 1 atom stereocenters. The third-order valence-electron chi connectivity index (χ3n) is 4.43. The standard InChI is InChI=1S/C19H14F2N2O4S/c1-9-3-2-4-11-18(9)27-12(7-15(24)25)19(26)23(11)8-14-22-17-13(28-14)6-5-10(20)16(17)21/h2-6,12H,7-8H2,1H3,(H,24,25). The van der Waals surface area contributed by atoms with Crippen LogP contribution >= 0.6 is 11.3 Å². The second-order valence-electron chi connectivity index (χ2n) is 6.37. The van der Waals surface area contributed by atoms with Gasteiger partial charge in [-0.25, -0.2) is 13.8 Å². The summed E-state index contributed by atoms with van der Waals surface area (Å²) in [5, 5.41) is 9.49. The number of benzene rings is 2. The van der Waals surface area contributed by atoms with Crippen molar-refractivity contribution in [2.75, 3.05) is 4.90 Å². The van der Waals surface area contributed by atoms with Gasteiger partial charge in [0, 0.05) is 0 Å². The number of aliphatic carboxylic acids is 1. The second kappa shape index (κ2) is 6.83. The fraction of sp³-hybridized carbons (Fsp3) is 0.211. The van der Waals surface area contributed by atoms with E-state index in [1.807, 2.05) is 0 Å². The van der Waals surface area contributed by atoms with Crippen LogP contribution in [0.5, 0.6) is 5.75 Å². The van der Waals surface area contributed by atoms with E-state index >= 15 is 0 Å². The average Bonchev–Trinajstić information content (AvgIpc) is 3.06. The second-order valence-corrected chi connectivity index (χ2v) is 7.48. The number of carboxylic acids is 1. The average molecular weight is 404 g/mol. The first-order valence-corrected chi connectivity index (χ1v) is 9.19. The number of carbonyl (C=O) groups excluding carboxylic acids is 1. The molecule has 2 heterocycles. The van der Waals surface area contributed by atoms with Crippen molar-refractivity contribution in [2.24, 2.45) is 0 Å². The number of nitrogens with zero attached hydrogens (tertiary/aromatic N) is 2. The molecule has 1 aliphatic rings. The fourth-order valence-corrected chi connectivity index (χ4v) is 4.08. The van der Waals surface area contributed by atoms with Gasteiger partial charge >= 0.3 is 5.97 Å².